The summed E-state index contributed by atoms with van der Waals surface area (Å²) in [6, 6.07) is 22.5. The van der Waals surface area contributed by atoms with Crippen LogP contribution in [0.3, 0.4) is 0 Å². The molecule has 0 fully saturated rings. The molecule has 5 aromatic rings. The lowest BCUT2D eigenvalue weighted by molar-refractivity contribution is -0.201. The van der Waals surface area contributed by atoms with Crippen molar-refractivity contribution in [2.24, 2.45) is 0 Å². The Hall–Kier alpha value is -4.55. The molecular weight excluding hydrogens is 567 g/mol. The third kappa shape index (κ3) is 4.50. The fourth-order valence-corrected chi connectivity index (χ4v) is 5.63. The highest BCUT2D eigenvalue weighted by atomic mass is 35.5. The van der Waals surface area contributed by atoms with E-state index >= 15 is 0 Å². The van der Waals surface area contributed by atoms with Crippen molar-refractivity contribution in [1.82, 2.24) is 9.55 Å². The molecule has 13 heteroatoms. The number of nitrogens with two attached hydrogens (primary N) is 1. The minimum Gasteiger partial charge on any atom is -0.369 e. The van der Waals surface area contributed by atoms with E-state index in [0.717, 1.165) is 22.1 Å². The van der Waals surface area contributed by atoms with Crippen LogP contribution in [-0.2, 0) is 9.63 Å². The monoisotopic (exact) mass is 583 g/mol. The van der Waals surface area contributed by atoms with Crippen LogP contribution in [0.15, 0.2) is 78.9 Å². The van der Waals surface area contributed by atoms with Gasteiger partial charge in [-0.25, -0.2) is 9.78 Å². The highest BCUT2D eigenvalue weighted by Crippen LogP contribution is 2.42. The molecule has 0 saturated carbocycles. The SMILES string of the molecule is Nc1nc2cc(N3CN(OC(=O)C(F)(F)F)c4cc(-c5ccc(Cl)cc5)sc4C3=O)ccc2n1-c1ccccc1. The van der Waals surface area contributed by atoms with E-state index in [1.165, 1.54) is 11.0 Å². The van der Waals surface area contributed by atoms with Gasteiger partial charge in [-0.05, 0) is 54.1 Å². The summed E-state index contributed by atoms with van der Waals surface area (Å²) in [5, 5.41) is 1.27. The summed E-state index contributed by atoms with van der Waals surface area (Å²) in [6.07, 6.45) is -5.23. The molecule has 0 saturated heterocycles. The summed E-state index contributed by atoms with van der Waals surface area (Å²) in [4.78, 5) is 36.5. The van der Waals surface area contributed by atoms with E-state index in [-0.39, 0.29) is 16.5 Å². The third-order valence-corrected chi connectivity index (χ3v) is 7.65. The van der Waals surface area contributed by atoms with E-state index in [4.69, 9.17) is 22.2 Å². The zero-order chi connectivity index (χ0) is 28.2. The summed E-state index contributed by atoms with van der Waals surface area (Å²) in [5.74, 6) is -2.66. The summed E-state index contributed by atoms with van der Waals surface area (Å²) in [5.41, 5.74) is 9.16. The molecule has 0 atom stereocenters. The smallest absolute Gasteiger partial charge is 0.369 e. The number of hydrogen-bond acceptors (Lipinski definition) is 7. The van der Waals surface area contributed by atoms with Crippen LogP contribution in [-0.4, -0.2) is 34.3 Å². The van der Waals surface area contributed by atoms with E-state index in [1.54, 1.807) is 47.0 Å². The number of hydrogen-bond donors (Lipinski definition) is 1. The van der Waals surface area contributed by atoms with Gasteiger partial charge in [-0.2, -0.15) is 18.2 Å². The van der Waals surface area contributed by atoms with Gasteiger partial charge in [-0.1, -0.05) is 41.9 Å². The molecule has 202 valence electrons. The Kier molecular flexibility index (Phi) is 6.15. The Morgan fingerprint density at radius 3 is 2.42 bits per heavy atom. The molecule has 40 heavy (non-hydrogen) atoms. The molecule has 8 nitrogen and oxygen atoms in total. The maximum atomic E-state index is 13.6. The molecule has 0 unspecified atom stereocenters. The summed E-state index contributed by atoms with van der Waals surface area (Å²) in [7, 11) is 0. The van der Waals surface area contributed by atoms with Crippen molar-refractivity contribution in [1.29, 1.82) is 0 Å². The summed E-state index contributed by atoms with van der Waals surface area (Å²) >= 11 is 7.04. The van der Waals surface area contributed by atoms with Gasteiger partial charge in [0.1, 0.15) is 17.2 Å². The maximum Gasteiger partial charge on any atom is 0.493 e. The maximum absolute atomic E-state index is 13.6. The van der Waals surface area contributed by atoms with Gasteiger partial charge in [-0.15, -0.1) is 11.3 Å². The van der Waals surface area contributed by atoms with E-state index in [9.17, 15) is 22.8 Å². The molecule has 2 N–H and O–H groups in total. The molecule has 0 spiro atoms. The Balaban J connectivity index is 1.42. The van der Waals surface area contributed by atoms with Crippen molar-refractivity contribution in [3.8, 4) is 16.1 Å². The number of fused-ring (bicyclic) bond motifs is 2. The minimum atomic E-state index is -5.23. The largest absolute Gasteiger partial charge is 0.493 e. The average molecular weight is 584 g/mol. The predicted molar refractivity (Wildman–Crippen MR) is 147 cm³/mol. The average Bonchev–Trinajstić information content (AvgIpc) is 3.52. The van der Waals surface area contributed by atoms with E-state index in [0.29, 0.717) is 32.2 Å². The second-order valence-electron chi connectivity index (χ2n) is 8.78. The number of aromatic nitrogens is 2. The number of anilines is 3. The second kappa shape index (κ2) is 9.57. The standard InChI is InChI=1S/C27H17ClF3N5O3S/c28-16-8-6-15(7-9-16)22-13-21-23(40-22)24(37)34(14-35(21)39-25(38)27(29,30)31)18-10-11-20-19(12-18)33-26(32)36(20)17-4-2-1-3-5-17/h1-13H,14H2,(H2,32,33). The summed E-state index contributed by atoms with van der Waals surface area (Å²) in [6.45, 7) is -0.481. The molecule has 3 heterocycles. The number of imidazole rings is 1. The molecule has 0 bridgehead atoms. The Morgan fingerprint density at radius 1 is 1.00 bits per heavy atom. The van der Waals surface area contributed by atoms with Gasteiger partial charge in [0.2, 0.25) is 5.95 Å². The summed E-state index contributed by atoms with van der Waals surface area (Å²) < 4.78 is 41.1. The molecule has 6 rings (SSSR count). The molecular formula is C27H17ClF3N5O3S. The van der Waals surface area contributed by atoms with Gasteiger partial charge in [0, 0.05) is 21.3 Å². The lowest BCUT2D eigenvalue weighted by Gasteiger charge is -2.34. The highest BCUT2D eigenvalue weighted by molar-refractivity contribution is 7.18. The minimum absolute atomic E-state index is 0.0486. The van der Waals surface area contributed by atoms with Crippen LogP contribution in [0.1, 0.15) is 9.67 Å². The van der Waals surface area contributed by atoms with Crippen molar-refractivity contribution in [3.63, 3.8) is 0 Å². The van der Waals surface area contributed by atoms with E-state index in [2.05, 4.69) is 4.98 Å². The zero-order valence-electron chi connectivity index (χ0n) is 20.2. The number of alkyl halides is 3. The first kappa shape index (κ1) is 25.7. The number of nitrogen functional groups attached to an aromatic ring is 1. The van der Waals surface area contributed by atoms with Gasteiger partial charge in [0.05, 0.1) is 11.0 Å². The van der Waals surface area contributed by atoms with Crippen molar-refractivity contribution < 1.29 is 27.6 Å². The first-order chi connectivity index (χ1) is 19.1. The number of amides is 1. The van der Waals surface area contributed by atoms with E-state index < -0.39 is 24.7 Å². The van der Waals surface area contributed by atoms with Crippen molar-refractivity contribution >= 4 is 63.2 Å². The van der Waals surface area contributed by atoms with Crippen LogP contribution >= 0.6 is 22.9 Å². The topological polar surface area (TPSA) is 93.7 Å². The molecule has 0 radical (unpaired) electrons. The number of nitrogens with zero attached hydrogens (tertiary/aromatic N) is 4. The first-order valence-corrected chi connectivity index (χ1v) is 12.9. The number of halogens is 4. The molecule has 0 aliphatic carbocycles. The fourth-order valence-electron chi connectivity index (χ4n) is 4.40. The number of benzene rings is 3. The molecule has 2 aromatic heterocycles. The first-order valence-electron chi connectivity index (χ1n) is 11.7. The van der Waals surface area contributed by atoms with Crippen LogP contribution in [0.2, 0.25) is 5.02 Å². The second-order valence-corrected chi connectivity index (χ2v) is 10.3. The van der Waals surface area contributed by atoms with Crippen LogP contribution in [0.5, 0.6) is 0 Å². The van der Waals surface area contributed by atoms with Crippen LogP contribution < -0.4 is 15.7 Å². The number of carbonyl (C=O) groups excluding carboxylic acids is 2. The van der Waals surface area contributed by atoms with Gasteiger partial charge in [0.15, 0.2) is 0 Å². The van der Waals surface area contributed by atoms with E-state index in [1.807, 2.05) is 30.3 Å². The normalized spacial score (nSPS) is 13.6. The number of carbonyl (C=O) groups is 2. The molecule has 3 aromatic carbocycles. The third-order valence-electron chi connectivity index (χ3n) is 6.23. The lowest BCUT2D eigenvalue weighted by Crippen LogP contribution is -2.48. The number of hydroxylamine groups is 1. The van der Waals surface area contributed by atoms with Crippen LogP contribution in [0, 0.1) is 0 Å². The van der Waals surface area contributed by atoms with Gasteiger partial charge >= 0.3 is 12.1 Å². The molecule has 1 aliphatic rings. The number of para-hydroxylation sites is 1. The lowest BCUT2D eigenvalue weighted by atomic mass is 10.1. The Bertz CT molecular complexity index is 1770. The number of rotatable bonds is 4. The van der Waals surface area contributed by atoms with Crippen molar-refractivity contribution in [3.05, 3.63) is 88.8 Å². The van der Waals surface area contributed by atoms with Crippen molar-refractivity contribution in [2.75, 3.05) is 22.4 Å². The highest BCUT2D eigenvalue weighted by Gasteiger charge is 2.45. The number of thiophene rings is 1. The Labute approximate surface area is 233 Å². The Morgan fingerprint density at radius 2 is 1.73 bits per heavy atom. The van der Waals surface area contributed by atoms with Gasteiger partial charge in [-0.3, -0.25) is 14.3 Å². The van der Waals surface area contributed by atoms with Crippen LogP contribution in [0.4, 0.5) is 30.5 Å². The quantitative estimate of drug-likeness (QED) is 0.262. The van der Waals surface area contributed by atoms with Gasteiger partial charge < -0.3 is 10.6 Å². The van der Waals surface area contributed by atoms with Gasteiger partial charge in [0.25, 0.3) is 5.91 Å². The zero-order valence-corrected chi connectivity index (χ0v) is 21.8. The van der Waals surface area contributed by atoms with Crippen molar-refractivity contribution in [2.45, 2.75) is 6.18 Å². The fraction of sp³-hybridized carbons (Fsp3) is 0.0741. The molecule has 1 aliphatic heterocycles. The van der Waals surface area contributed by atoms with Crippen LogP contribution in [0.25, 0.3) is 27.2 Å². The predicted octanol–water partition coefficient (Wildman–Crippen LogP) is 6.43. The molecule has 1 amide bonds.